The Bertz CT molecular complexity index is 254. The van der Waals surface area contributed by atoms with Crippen LogP contribution >= 0.6 is 49.7 Å². The fourth-order valence-corrected chi connectivity index (χ4v) is 3.06. The molecule has 0 aromatic rings. The summed E-state index contributed by atoms with van der Waals surface area (Å²) >= 11 is 18.0. The van der Waals surface area contributed by atoms with E-state index >= 15 is 0 Å². The number of thiocarbonyl (C=S) groups is 2. The van der Waals surface area contributed by atoms with Crippen LogP contribution in [0.2, 0.25) is 0 Å². The SMILES string of the molecule is S=C(S)CCCCCCCCCCCCCCCNC(=S)S. The first-order chi connectivity index (χ1) is 10.6. The molecule has 0 fully saturated rings. The molecule has 0 aliphatic heterocycles. The van der Waals surface area contributed by atoms with E-state index in [-0.39, 0.29) is 0 Å². The summed E-state index contributed by atoms with van der Waals surface area (Å²) in [5, 5.41) is 3.08. The largest absolute Gasteiger partial charge is 0.371 e. The standard InChI is InChI=1S/C17H33NS4/c19-16(20)14-12-10-8-6-4-2-1-3-5-7-9-11-13-15-18-17(21)22/h1-15H2,(H,19,20)(H2,18,21,22). The number of hydrogen-bond acceptors (Lipinski definition) is 2. The highest BCUT2D eigenvalue weighted by atomic mass is 32.1. The molecule has 0 aromatic heterocycles. The van der Waals surface area contributed by atoms with Gasteiger partial charge < -0.3 is 5.32 Å². The summed E-state index contributed by atoms with van der Waals surface area (Å²) in [6.07, 6.45) is 18.6. The summed E-state index contributed by atoms with van der Waals surface area (Å²) in [4.78, 5) is 0. The molecular formula is C17H33NS4. The average Bonchev–Trinajstić information content (AvgIpc) is 2.46. The van der Waals surface area contributed by atoms with E-state index in [0.29, 0.717) is 4.32 Å². The minimum absolute atomic E-state index is 0.616. The maximum atomic E-state index is 4.96. The van der Waals surface area contributed by atoms with Gasteiger partial charge >= 0.3 is 0 Å². The van der Waals surface area contributed by atoms with Gasteiger partial charge in [0.15, 0.2) is 0 Å². The second-order valence-electron chi connectivity index (χ2n) is 5.97. The normalized spacial score (nSPS) is 10.6. The molecule has 0 radical (unpaired) electrons. The van der Waals surface area contributed by atoms with Gasteiger partial charge in [-0.25, -0.2) is 0 Å². The number of nitrogens with one attached hydrogen (secondary N) is 1. The van der Waals surface area contributed by atoms with Crippen molar-refractivity contribution < 1.29 is 0 Å². The Kier molecular flexibility index (Phi) is 18.6. The molecule has 0 aliphatic rings. The van der Waals surface area contributed by atoms with Crippen LogP contribution in [0, 0.1) is 0 Å². The predicted octanol–water partition coefficient (Wildman–Crippen LogP) is 6.51. The molecule has 22 heavy (non-hydrogen) atoms. The Balaban J connectivity index is 2.99. The summed E-state index contributed by atoms with van der Waals surface area (Å²) in [7, 11) is 0. The highest BCUT2D eigenvalue weighted by Gasteiger charge is 1.95. The second kappa shape index (κ2) is 18.0. The molecule has 0 rings (SSSR count). The van der Waals surface area contributed by atoms with Crippen LogP contribution in [0.5, 0.6) is 0 Å². The molecular weight excluding hydrogens is 346 g/mol. The van der Waals surface area contributed by atoms with Crippen molar-refractivity contribution in [3.8, 4) is 0 Å². The molecule has 0 amide bonds. The lowest BCUT2D eigenvalue weighted by atomic mass is 10.0. The molecule has 5 heteroatoms. The van der Waals surface area contributed by atoms with E-state index in [0.717, 1.165) is 17.2 Å². The van der Waals surface area contributed by atoms with Gasteiger partial charge in [-0.15, -0.1) is 25.3 Å². The Morgan fingerprint density at radius 3 is 1.32 bits per heavy atom. The Hall–Kier alpha value is 0.680. The van der Waals surface area contributed by atoms with Crippen molar-refractivity contribution in [2.75, 3.05) is 6.54 Å². The van der Waals surface area contributed by atoms with Gasteiger partial charge in [0, 0.05) is 10.7 Å². The van der Waals surface area contributed by atoms with Crippen LogP contribution < -0.4 is 5.32 Å². The van der Waals surface area contributed by atoms with Gasteiger partial charge in [0.05, 0.1) is 0 Å². The van der Waals surface area contributed by atoms with Gasteiger partial charge in [-0.05, 0) is 19.3 Å². The fourth-order valence-electron chi connectivity index (χ4n) is 2.54. The van der Waals surface area contributed by atoms with Crippen molar-refractivity contribution >= 4 is 58.2 Å². The van der Waals surface area contributed by atoms with Gasteiger partial charge in [-0.3, -0.25) is 0 Å². The van der Waals surface area contributed by atoms with Gasteiger partial charge in [0.25, 0.3) is 0 Å². The number of rotatable bonds is 16. The topological polar surface area (TPSA) is 12.0 Å². The maximum absolute atomic E-state index is 4.96. The minimum atomic E-state index is 0.616. The average molecular weight is 380 g/mol. The molecule has 0 saturated carbocycles. The lowest BCUT2D eigenvalue weighted by molar-refractivity contribution is 0.537. The van der Waals surface area contributed by atoms with E-state index in [1.54, 1.807) is 0 Å². The van der Waals surface area contributed by atoms with Crippen LogP contribution in [-0.2, 0) is 0 Å². The molecule has 0 bridgehead atoms. The predicted molar refractivity (Wildman–Crippen MR) is 116 cm³/mol. The summed E-state index contributed by atoms with van der Waals surface area (Å²) in [6.45, 7) is 0.974. The molecule has 0 aliphatic carbocycles. The van der Waals surface area contributed by atoms with E-state index in [4.69, 9.17) is 24.4 Å². The Morgan fingerprint density at radius 2 is 0.955 bits per heavy atom. The minimum Gasteiger partial charge on any atom is -0.371 e. The van der Waals surface area contributed by atoms with Crippen LogP contribution in [0.15, 0.2) is 0 Å². The summed E-state index contributed by atoms with van der Waals surface area (Å²) < 4.78 is 1.48. The Labute approximate surface area is 159 Å². The van der Waals surface area contributed by atoms with Crippen molar-refractivity contribution in [3.63, 3.8) is 0 Å². The number of thiol groups is 2. The van der Waals surface area contributed by atoms with Crippen LogP contribution in [-0.4, -0.2) is 15.1 Å². The first-order valence-electron chi connectivity index (χ1n) is 8.81. The monoisotopic (exact) mass is 379 g/mol. The lowest BCUT2D eigenvalue weighted by Gasteiger charge is -2.04. The molecule has 0 spiro atoms. The van der Waals surface area contributed by atoms with Crippen molar-refractivity contribution in [2.24, 2.45) is 0 Å². The smallest absolute Gasteiger partial charge is 0.130 e. The summed E-state index contributed by atoms with van der Waals surface area (Å²) in [5.41, 5.74) is 0. The van der Waals surface area contributed by atoms with Gasteiger partial charge in [-0.2, -0.15) is 0 Å². The van der Waals surface area contributed by atoms with E-state index in [9.17, 15) is 0 Å². The summed E-state index contributed by atoms with van der Waals surface area (Å²) in [5.74, 6) is 0. The molecule has 0 heterocycles. The second-order valence-corrected chi connectivity index (χ2v) is 8.47. The molecule has 130 valence electrons. The third kappa shape index (κ3) is 20.7. The van der Waals surface area contributed by atoms with Crippen LogP contribution in [0.1, 0.15) is 89.9 Å². The summed E-state index contributed by atoms with van der Waals surface area (Å²) in [6, 6.07) is 0. The molecule has 0 aromatic carbocycles. The lowest BCUT2D eigenvalue weighted by Crippen LogP contribution is -2.17. The van der Waals surface area contributed by atoms with Gasteiger partial charge in [0.2, 0.25) is 0 Å². The van der Waals surface area contributed by atoms with E-state index < -0.39 is 0 Å². The number of unbranched alkanes of at least 4 members (excludes halogenated alkanes) is 12. The molecule has 1 nitrogen and oxygen atoms in total. The van der Waals surface area contributed by atoms with Crippen molar-refractivity contribution in [1.29, 1.82) is 0 Å². The van der Waals surface area contributed by atoms with Crippen molar-refractivity contribution in [1.82, 2.24) is 5.32 Å². The quantitative estimate of drug-likeness (QED) is 0.161. The first kappa shape index (κ1) is 22.7. The zero-order chi connectivity index (χ0) is 16.5. The van der Waals surface area contributed by atoms with Crippen LogP contribution in [0.3, 0.4) is 0 Å². The fraction of sp³-hybridized carbons (Fsp3) is 0.882. The zero-order valence-electron chi connectivity index (χ0n) is 13.8. The highest BCUT2D eigenvalue weighted by Crippen LogP contribution is 2.13. The van der Waals surface area contributed by atoms with E-state index in [2.05, 4.69) is 30.6 Å². The Morgan fingerprint density at radius 1 is 0.591 bits per heavy atom. The third-order valence-electron chi connectivity index (χ3n) is 3.84. The molecule has 0 saturated heterocycles. The van der Waals surface area contributed by atoms with E-state index in [1.165, 1.54) is 83.5 Å². The third-order valence-corrected chi connectivity index (χ3v) is 4.57. The molecule has 1 N–H and O–H groups in total. The molecule has 0 atom stereocenters. The van der Waals surface area contributed by atoms with E-state index in [1.807, 2.05) is 0 Å². The first-order valence-corrected chi connectivity index (χ1v) is 10.5. The highest BCUT2D eigenvalue weighted by molar-refractivity contribution is 8.11. The molecule has 0 unspecified atom stereocenters. The van der Waals surface area contributed by atoms with Crippen molar-refractivity contribution in [3.05, 3.63) is 0 Å². The van der Waals surface area contributed by atoms with Gasteiger partial charge in [0.1, 0.15) is 4.32 Å². The van der Waals surface area contributed by atoms with Crippen molar-refractivity contribution in [2.45, 2.75) is 89.9 Å². The maximum Gasteiger partial charge on any atom is 0.130 e. The zero-order valence-corrected chi connectivity index (χ0v) is 17.2. The van der Waals surface area contributed by atoms with Gasteiger partial charge in [-0.1, -0.05) is 95.1 Å². The number of hydrogen-bond donors (Lipinski definition) is 3. The van der Waals surface area contributed by atoms with Crippen LogP contribution in [0.25, 0.3) is 0 Å². The van der Waals surface area contributed by atoms with Crippen LogP contribution in [0.4, 0.5) is 0 Å².